The lowest BCUT2D eigenvalue weighted by molar-refractivity contribution is -0.134. The fourth-order valence-corrected chi connectivity index (χ4v) is 2.05. The highest BCUT2D eigenvalue weighted by atomic mass is 32.2. The van der Waals surface area contributed by atoms with Crippen LogP contribution in [0.1, 0.15) is 13.8 Å². The average Bonchev–Trinajstić information content (AvgIpc) is 2.56. The van der Waals surface area contributed by atoms with Crippen molar-refractivity contribution in [3.05, 3.63) is 22.8 Å². The molecule has 0 saturated heterocycles. The van der Waals surface area contributed by atoms with Gasteiger partial charge in [0.25, 0.3) is 0 Å². The number of hydrogen-bond donors (Lipinski definition) is 0. The molecule has 1 aliphatic heterocycles. The molecule has 1 rings (SSSR count). The lowest BCUT2D eigenvalue weighted by atomic mass is 10.4. The summed E-state index contributed by atoms with van der Waals surface area (Å²) in [6.45, 7) is 3.22. The summed E-state index contributed by atoms with van der Waals surface area (Å²) >= 11 is 1.29. The summed E-state index contributed by atoms with van der Waals surface area (Å²) in [5, 5.41) is 0. The zero-order valence-electron chi connectivity index (χ0n) is 8.77. The molecule has 1 heterocycles. The molecule has 82 valence electrons. The van der Waals surface area contributed by atoms with Gasteiger partial charge >= 0.3 is 5.97 Å². The van der Waals surface area contributed by atoms with Crippen LogP contribution in [0.2, 0.25) is 0 Å². The monoisotopic (exact) mass is 228 g/mol. The Hall–Kier alpha value is -1.23. The van der Waals surface area contributed by atoms with Crippen molar-refractivity contribution in [3.8, 4) is 0 Å². The van der Waals surface area contributed by atoms with Crippen molar-refractivity contribution in [2.75, 3.05) is 7.11 Å². The number of methoxy groups -OCH3 is 1. The van der Waals surface area contributed by atoms with E-state index in [4.69, 9.17) is 4.74 Å². The van der Waals surface area contributed by atoms with Crippen LogP contribution in [0, 0.1) is 0 Å². The number of Topliss-reactive ketones (excluding diaryl/α,β-unsaturated/α-hetero) is 1. The molecule has 0 saturated carbocycles. The molecule has 0 aromatic heterocycles. The third kappa shape index (κ3) is 3.13. The van der Waals surface area contributed by atoms with E-state index in [1.807, 2.05) is 0 Å². The van der Waals surface area contributed by atoms with Gasteiger partial charge in [-0.1, -0.05) is 11.8 Å². The second kappa shape index (κ2) is 5.02. The van der Waals surface area contributed by atoms with E-state index in [1.54, 1.807) is 13.0 Å². The Kier molecular flexibility index (Phi) is 3.96. The predicted molar refractivity (Wildman–Crippen MR) is 57.0 cm³/mol. The lowest BCUT2D eigenvalue weighted by Crippen LogP contribution is -2.00. The largest absolute Gasteiger partial charge is 0.479 e. The van der Waals surface area contributed by atoms with Crippen molar-refractivity contribution in [1.29, 1.82) is 0 Å². The minimum absolute atomic E-state index is 0.0218. The van der Waals surface area contributed by atoms with Gasteiger partial charge in [0.05, 0.1) is 12.0 Å². The summed E-state index contributed by atoms with van der Waals surface area (Å²) in [6, 6.07) is 0. The van der Waals surface area contributed by atoms with Crippen LogP contribution in [-0.4, -0.2) is 24.3 Å². The first kappa shape index (κ1) is 11.8. The van der Waals surface area contributed by atoms with Crippen LogP contribution in [0.25, 0.3) is 0 Å². The van der Waals surface area contributed by atoms with Crippen molar-refractivity contribution in [3.63, 3.8) is 0 Å². The molecule has 15 heavy (non-hydrogen) atoms. The third-order valence-corrected chi connectivity index (χ3v) is 3.05. The van der Waals surface area contributed by atoms with Crippen molar-refractivity contribution in [2.45, 2.75) is 19.3 Å². The first-order valence-corrected chi connectivity index (χ1v) is 5.24. The molecule has 0 aromatic carbocycles. The minimum atomic E-state index is -0.437. The number of ether oxygens (including phenoxy) is 2. The molecule has 0 radical (unpaired) electrons. The highest BCUT2D eigenvalue weighted by Gasteiger charge is 2.24. The van der Waals surface area contributed by atoms with Crippen LogP contribution >= 0.6 is 11.8 Å². The van der Waals surface area contributed by atoms with Crippen LogP contribution in [0.3, 0.4) is 0 Å². The highest BCUT2D eigenvalue weighted by molar-refractivity contribution is 8.04. The Balaban J connectivity index is 2.57. The number of carbonyl (C=O) groups excluding carboxylic acids is 2. The van der Waals surface area contributed by atoms with Gasteiger partial charge in [0.1, 0.15) is 5.76 Å². The van der Waals surface area contributed by atoms with Gasteiger partial charge in [-0.05, 0) is 19.9 Å². The molecule has 0 bridgehead atoms. The molecule has 0 aliphatic carbocycles. The fourth-order valence-electron chi connectivity index (χ4n) is 1.09. The van der Waals surface area contributed by atoms with Crippen molar-refractivity contribution >= 4 is 23.5 Å². The summed E-state index contributed by atoms with van der Waals surface area (Å²) < 4.78 is 9.80. The normalized spacial score (nSPS) is 20.6. The second-order valence-corrected chi connectivity index (χ2v) is 4.04. The number of allylic oxidation sites excluding steroid dienone is 2. The zero-order chi connectivity index (χ0) is 11.4. The van der Waals surface area contributed by atoms with E-state index in [9.17, 15) is 9.59 Å². The first-order chi connectivity index (χ1) is 7.04. The summed E-state index contributed by atoms with van der Waals surface area (Å²) in [5.74, 6) is 0.145. The van der Waals surface area contributed by atoms with Crippen molar-refractivity contribution in [2.24, 2.45) is 0 Å². The van der Waals surface area contributed by atoms with Crippen LogP contribution in [0.15, 0.2) is 22.8 Å². The molecule has 1 aliphatic rings. The van der Waals surface area contributed by atoms with Crippen LogP contribution in [-0.2, 0) is 19.1 Å². The van der Waals surface area contributed by atoms with E-state index in [0.29, 0.717) is 10.7 Å². The molecule has 4 nitrogen and oxygen atoms in total. The second-order valence-electron chi connectivity index (χ2n) is 2.93. The number of esters is 1. The molecule has 0 spiro atoms. The van der Waals surface area contributed by atoms with E-state index < -0.39 is 5.97 Å². The SMILES string of the molecule is COC(=O)/C=C\C1OC(C)=C(C(C)=O)S1. The molecule has 5 heteroatoms. The van der Waals surface area contributed by atoms with Gasteiger partial charge in [0.15, 0.2) is 11.2 Å². The van der Waals surface area contributed by atoms with E-state index in [-0.39, 0.29) is 11.2 Å². The van der Waals surface area contributed by atoms with E-state index in [2.05, 4.69) is 4.74 Å². The maximum absolute atomic E-state index is 11.1. The zero-order valence-corrected chi connectivity index (χ0v) is 9.59. The standard InChI is InChI=1S/C10H12O4S/c1-6(11)10-7(2)14-9(15-10)5-4-8(12)13-3/h4-5,9H,1-3H3/b5-4-. The van der Waals surface area contributed by atoms with Crippen LogP contribution < -0.4 is 0 Å². The number of ketones is 1. The molecule has 0 N–H and O–H groups in total. The molecule has 0 fully saturated rings. The van der Waals surface area contributed by atoms with Gasteiger partial charge in [0.2, 0.25) is 0 Å². The van der Waals surface area contributed by atoms with Gasteiger partial charge < -0.3 is 9.47 Å². The maximum atomic E-state index is 11.1. The molecule has 1 unspecified atom stereocenters. The Morgan fingerprint density at radius 1 is 1.53 bits per heavy atom. The number of carbonyl (C=O) groups is 2. The fraction of sp³-hybridized carbons (Fsp3) is 0.400. The number of hydrogen-bond acceptors (Lipinski definition) is 5. The Morgan fingerprint density at radius 2 is 2.20 bits per heavy atom. The van der Waals surface area contributed by atoms with Crippen molar-refractivity contribution in [1.82, 2.24) is 0 Å². The summed E-state index contributed by atoms with van der Waals surface area (Å²) in [5.41, 5.74) is -0.317. The lowest BCUT2D eigenvalue weighted by Gasteiger charge is -2.03. The topological polar surface area (TPSA) is 52.6 Å². The smallest absolute Gasteiger partial charge is 0.330 e. The minimum Gasteiger partial charge on any atom is -0.479 e. The van der Waals surface area contributed by atoms with E-state index >= 15 is 0 Å². The van der Waals surface area contributed by atoms with E-state index in [0.717, 1.165) is 0 Å². The Bertz CT molecular complexity index is 343. The predicted octanol–water partition coefficient (Wildman–Crippen LogP) is 1.63. The van der Waals surface area contributed by atoms with Gasteiger partial charge in [-0.3, -0.25) is 4.79 Å². The molecular formula is C10H12O4S. The van der Waals surface area contributed by atoms with Crippen LogP contribution in [0.5, 0.6) is 0 Å². The molecule has 0 amide bonds. The molecular weight excluding hydrogens is 216 g/mol. The summed E-state index contributed by atoms with van der Waals surface area (Å²) in [6.07, 6.45) is 2.85. The summed E-state index contributed by atoms with van der Waals surface area (Å²) in [4.78, 5) is 22.5. The van der Waals surface area contributed by atoms with Gasteiger partial charge in [-0.15, -0.1) is 0 Å². The maximum Gasteiger partial charge on any atom is 0.330 e. The Labute approximate surface area is 92.3 Å². The molecule has 0 aromatic rings. The van der Waals surface area contributed by atoms with Gasteiger partial charge in [-0.2, -0.15) is 0 Å². The van der Waals surface area contributed by atoms with Crippen molar-refractivity contribution < 1.29 is 19.1 Å². The first-order valence-electron chi connectivity index (χ1n) is 4.36. The quantitative estimate of drug-likeness (QED) is 0.542. The number of thioether (sulfide) groups is 1. The highest BCUT2D eigenvalue weighted by Crippen LogP contribution is 2.36. The average molecular weight is 228 g/mol. The summed E-state index contributed by atoms with van der Waals surface area (Å²) in [7, 11) is 1.31. The number of rotatable bonds is 3. The Morgan fingerprint density at radius 3 is 2.67 bits per heavy atom. The van der Waals surface area contributed by atoms with Gasteiger partial charge in [0, 0.05) is 6.08 Å². The van der Waals surface area contributed by atoms with Crippen LogP contribution in [0.4, 0.5) is 0 Å². The van der Waals surface area contributed by atoms with Gasteiger partial charge in [-0.25, -0.2) is 4.79 Å². The third-order valence-electron chi connectivity index (χ3n) is 1.76. The van der Waals surface area contributed by atoms with E-state index in [1.165, 1.54) is 31.9 Å². The molecule has 1 atom stereocenters.